The number of allylic oxidation sites excluding steroid dienone is 2. The molecule has 0 radical (unpaired) electrons. The first kappa shape index (κ1) is 40.1. The Morgan fingerprint density at radius 3 is 2.55 bits per heavy atom. The van der Waals surface area contributed by atoms with Crippen LogP contribution in [-0.2, 0) is 35.6 Å². The van der Waals surface area contributed by atoms with Gasteiger partial charge < -0.3 is 29.7 Å². The zero-order chi connectivity index (χ0) is 40.6. The van der Waals surface area contributed by atoms with Gasteiger partial charge in [0.15, 0.2) is 0 Å². The number of rotatable bonds is 9. The minimum absolute atomic E-state index is 0.00450. The monoisotopic (exact) mass is 817 g/mol. The molecule has 15 heteroatoms. The molecule has 0 spiro atoms. The van der Waals surface area contributed by atoms with Gasteiger partial charge in [-0.05, 0) is 102 Å². The number of sulfonamides is 1. The number of para-hydroxylation sites is 1. The summed E-state index contributed by atoms with van der Waals surface area (Å²) in [6.07, 6.45) is 13.3. The van der Waals surface area contributed by atoms with E-state index in [0.717, 1.165) is 68.7 Å². The summed E-state index contributed by atoms with van der Waals surface area (Å²) in [6.45, 7) is 6.16. The third-order valence-electron chi connectivity index (χ3n) is 13.0. The van der Waals surface area contributed by atoms with Gasteiger partial charge in [0.05, 0.1) is 29.5 Å². The molecule has 7 atom stereocenters. The number of aromatic nitrogens is 1. The molecule has 2 aliphatic heterocycles. The molecule has 1 aromatic carbocycles. The average molecular weight is 818 g/mol. The van der Waals surface area contributed by atoms with E-state index in [1.165, 1.54) is 11.0 Å². The van der Waals surface area contributed by atoms with Gasteiger partial charge in [-0.1, -0.05) is 43.2 Å². The second-order valence-corrected chi connectivity index (χ2v) is 18.9. The predicted molar refractivity (Wildman–Crippen MR) is 215 cm³/mol. The Morgan fingerprint density at radius 2 is 1.81 bits per heavy atom. The molecule has 1 unspecified atom stereocenters. The third kappa shape index (κ3) is 8.15. The smallest absolute Gasteiger partial charge is 0.408 e. The van der Waals surface area contributed by atoms with E-state index in [1.807, 2.05) is 31.2 Å². The fourth-order valence-electron chi connectivity index (χ4n) is 9.60. The van der Waals surface area contributed by atoms with E-state index in [2.05, 4.69) is 34.1 Å². The van der Waals surface area contributed by atoms with Crippen molar-refractivity contribution in [2.75, 3.05) is 13.2 Å². The quantitative estimate of drug-likeness (QED) is 0.292. The summed E-state index contributed by atoms with van der Waals surface area (Å²) in [7, 11) is -3.90. The van der Waals surface area contributed by atoms with Gasteiger partial charge in [-0.3, -0.25) is 19.1 Å². The van der Waals surface area contributed by atoms with Crippen LogP contribution in [0.15, 0.2) is 49.1 Å². The number of carbonyl (C=O) groups is 4. The number of amides is 4. The maximum atomic E-state index is 14.9. The summed E-state index contributed by atoms with van der Waals surface area (Å²) in [4.78, 5) is 63.2. The molecule has 2 bridgehead atoms. The lowest BCUT2D eigenvalue weighted by molar-refractivity contribution is -0.142. The molecule has 5 fully saturated rings. The van der Waals surface area contributed by atoms with Gasteiger partial charge in [0, 0.05) is 17.7 Å². The predicted octanol–water partition coefficient (Wildman–Crippen LogP) is 5.00. The highest BCUT2D eigenvalue weighted by Gasteiger charge is 2.62. The van der Waals surface area contributed by atoms with Gasteiger partial charge in [-0.15, -0.1) is 6.58 Å². The number of nitrogens with zero attached hydrogens (tertiary/aromatic N) is 2. The van der Waals surface area contributed by atoms with E-state index in [0.29, 0.717) is 43.0 Å². The molecule has 312 valence electrons. The summed E-state index contributed by atoms with van der Waals surface area (Å²) >= 11 is 0. The molecule has 3 N–H and O–H groups in total. The molecule has 4 aliphatic carbocycles. The van der Waals surface area contributed by atoms with Gasteiger partial charge in [-0.2, -0.15) is 0 Å². The van der Waals surface area contributed by atoms with Crippen LogP contribution in [0.2, 0.25) is 0 Å². The normalized spacial score (nSPS) is 31.1. The zero-order valence-electron chi connectivity index (χ0n) is 33.2. The fraction of sp³-hybridized carbons (Fsp3) is 0.605. The van der Waals surface area contributed by atoms with Crippen molar-refractivity contribution in [1.82, 2.24) is 25.2 Å². The maximum absolute atomic E-state index is 14.9. The number of fused-ring (bicyclic) bond motifs is 5. The molecule has 3 heterocycles. The van der Waals surface area contributed by atoms with Crippen LogP contribution in [0.1, 0.15) is 96.0 Å². The second-order valence-electron chi connectivity index (χ2n) is 16.9. The number of ether oxygens (including phenoxy) is 3. The molecule has 4 saturated carbocycles. The van der Waals surface area contributed by atoms with Crippen molar-refractivity contribution in [3.05, 3.63) is 54.6 Å². The number of hydrogen-bond acceptors (Lipinski definition) is 10. The first-order chi connectivity index (χ1) is 28.0. The van der Waals surface area contributed by atoms with E-state index >= 15 is 0 Å². The largest absolute Gasteiger partial charge is 0.493 e. The number of benzene rings is 1. The third-order valence-corrected chi connectivity index (χ3v) is 14.8. The van der Waals surface area contributed by atoms with Gasteiger partial charge in [-0.25, -0.2) is 18.2 Å². The van der Waals surface area contributed by atoms with Crippen molar-refractivity contribution in [2.45, 2.75) is 132 Å². The average Bonchev–Trinajstić information content (AvgIpc) is 3.99. The zero-order valence-corrected chi connectivity index (χ0v) is 34.0. The van der Waals surface area contributed by atoms with E-state index in [-0.39, 0.29) is 37.3 Å². The van der Waals surface area contributed by atoms with Crippen molar-refractivity contribution in [2.24, 2.45) is 17.8 Å². The Kier molecular flexibility index (Phi) is 11.4. The van der Waals surface area contributed by atoms with E-state index in [9.17, 15) is 27.6 Å². The second kappa shape index (κ2) is 16.5. The van der Waals surface area contributed by atoms with Gasteiger partial charge in [0.2, 0.25) is 27.7 Å². The molecule has 14 nitrogen and oxygen atoms in total. The topological polar surface area (TPSA) is 182 Å². The van der Waals surface area contributed by atoms with Crippen molar-refractivity contribution < 1.29 is 41.8 Å². The minimum atomic E-state index is -3.90. The SMILES string of the molecule is C=CC1C[C@]1(NC(=O)[C@@H]1C[C@@H]2CN1C(=O)[C@H](C1CCCC1)NC(=O)O[C@@H]1CCC[C@H]1CC/C=C/Cc1c(nc3ccccc3c1OCC)O2)C(=O)NS(=O)(=O)C1CC1. The van der Waals surface area contributed by atoms with Crippen LogP contribution in [0, 0.1) is 17.8 Å². The van der Waals surface area contributed by atoms with Gasteiger partial charge in [0.1, 0.15) is 35.6 Å². The van der Waals surface area contributed by atoms with Crippen LogP contribution in [0.4, 0.5) is 4.79 Å². The first-order valence-corrected chi connectivity index (χ1v) is 22.7. The molecular formula is C43H55N5O9S. The lowest BCUT2D eigenvalue weighted by atomic mass is 9.96. The van der Waals surface area contributed by atoms with Crippen LogP contribution >= 0.6 is 0 Å². The number of carbonyl (C=O) groups excluding carboxylic acids is 4. The summed E-state index contributed by atoms with van der Waals surface area (Å²) < 4.78 is 46.9. The van der Waals surface area contributed by atoms with Crippen molar-refractivity contribution >= 4 is 44.7 Å². The summed E-state index contributed by atoms with van der Waals surface area (Å²) in [5, 5.41) is 6.03. The fourth-order valence-corrected chi connectivity index (χ4v) is 11.0. The van der Waals surface area contributed by atoms with Gasteiger partial charge >= 0.3 is 6.09 Å². The van der Waals surface area contributed by atoms with Crippen LogP contribution < -0.4 is 24.8 Å². The van der Waals surface area contributed by atoms with E-state index in [4.69, 9.17) is 19.2 Å². The molecule has 1 saturated heterocycles. The number of alkyl carbamates (subject to hydrolysis) is 1. The minimum Gasteiger partial charge on any atom is -0.493 e. The van der Waals surface area contributed by atoms with Crippen molar-refractivity contribution in [3.8, 4) is 11.6 Å². The molecule has 1 aromatic heterocycles. The molecule has 2 aromatic rings. The maximum Gasteiger partial charge on any atom is 0.408 e. The van der Waals surface area contributed by atoms with E-state index in [1.54, 1.807) is 0 Å². The highest BCUT2D eigenvalue weighted by Crippen LogP contribution is 2.46. The molecular weight excluding hydrogens is 763 g/mol. The molecule has 8 rings (SSSR count). The highest BCUT2D eigenvalue weighted by atomic mass is 32.2. The Labute approximate surface area is 339 Å². The van der Waals surface area contributed by atoms with Crippen LogP contribution in [0.5, 0.6) is 11.6 Å². The van der Waals surface area contributed by atoms with E-state index < -0.39 is 68.7 Å². The lowest BCUT2D eigenvalue weighted by Crippen LogP contribution is -2.59. The standard InChI is InChI=1S/C43H55N5O9S/c1-3-28-24-43(28,41(51)47-58(53,54)30-21-22-30)46-38(49)34-23-29-25-48(34)40(50)36(27-14-8-9-15-27)45-42(52)57-35-20-12-16-26(35)13-6-5-7-18-32-37(55-4-2)31-17-10-11-19-33(31)44-39(32)56-29/h3,5,7,10-11,17,19,26-30,34-36H,1,4,6,8-9,12-16,18,20-25H2,2H3,(H,45,52)(H,46,49)(H,47,51)/b7-5+/t26-,28?,29-,34+,35-,36+,43-/m1/s1. The summed E-state index contributed by atoms with van der Waals surface area (Å²) in [5.74, 6) is -1.37. The van der Waals surface area contributed by atoms with Crippen LogP contribution in [-0.4, -0.2) is 90.3 Å². The van der Waals surface area contributed by atoms with Gasteiger partial charge in [0.25, 0.3) is 5.91 Å². The molecule has 4 amide bonds. The molecule has 58 heavy (non-hydrogen) atoms. The lowest BCUT2D eigenvalue weighted by Gasteiger charge is -2.32. The summed E-state index contributed by atoms with van der Waals surface area (Å²) in [5.41, 5.74) is -0.121. The Bertz CT molecular complexity index is 2080. The van der Waals surface area contributed by atoms with Crippen LogP contribution in [0.25, 0.3) is 10.9 Å². The number of pyridine rings is 1. The Hall–Kier alpha value is -4.66. The van der Waals surface area contributed by atoms with Crippen LogP contribution in [0.3, 0.4) is 0 Å². The molecule has 6 aliphatic rings. The first-order valence-electron chi connectivity index (χ1n) is 21.2. The Morgan fingerprint density at radius 1 is 1.03 bits per heavy atom. The van der Waals surface area contributed by atoms with Crippen molar-refractivity contribution in [1.29, 1.82) is 0 Å². The van der Waals surface area contributed by atoms with Crippen molar-refractivity contribution in [3.63, 3.8) is 0 Å². The summed E-state index contributed by atoms with van der Waals surface area (Å²) in [6, 6.07) is 5.61. The number of nitrogens with one attached hydrogen (secondary N) is 3. The Balaban J connectivity index is 1.16. The highest BCUT2D eigenvalue weighted by molar-refractivity contribution is 7.91. The number of hydrogen-bond donors (Lipinski definition) is 3.